The number of aromatic nitrogens is 2. The van der Waals surface area contributed by atoms with Gasteiger partial charge in [-0.05, 0) is 24.6 Å². The van der Waals surface area contributed by atoms with Crippen molar-refractivity contribution in [3.63, 3.8) is 0 Å². The maximum atomic E-state index is 13.8. The number of hydrogen-bond acceptors (Lipinski definition) is 4. The number of nitrogens with zero attached hydrogens (tertiary/aromatic N) is 3. The molecule has 1 fully saturated rings. The van der Waals surface area contributed by atoms with Gasteiger partial charge in [0.1, 0.15) is 5.82 Å². The Hall–Kier alpha value is -2.45. The summed E-state index contributed by atoms with van der Waals surface area (Å²) in [6, 6.07) is 4.15. The number of carbonyl (C=O) groups is 1. The van der Waals surface area contributed by atoms with Gasteiger partial charge in [0, 0.05) is 25.8 Å². The van der Waals surface area contributed by atoms with Gasteiger partial charge < -0.3 is 15.4 Å². The largest absolute Gasteiger partial charge is 0.379 e. The Balaban J connectivity index is 1.49. The molecular formula is C17H22FN5O2. The van der Waals surface area contributed by atoms with E-state index in [0.29, 0.717) is 5.69 Å². The summed E-state index contributed by atoms with van der Waals surface area (Å²) in [6.07, 6.45) is 3.33. The maximum Gasteiger partial charge on any atom is 0.323 e. The van der Waals surface area contributed by atoms with Gasteiger partial charge in [-0.2, -0.15) is 5.10 Å². The molecule has 2 amide bonds. The van der Waals surface area contributed by atoms with Crippen LogP contribution in [0.15, 0.2) is 30.6 Å². The molecule has 1 aromatic heterocycles. The Kier molecular flexibility index (Phi) is 5.62. The van der Waals surface area contributed by atoms with Crippen LogP contribution in [0.2, 0.25) is 0 Å². The van der Waals surface area contributed by atoms with Crippen LogP contribution >= 0.6 is 0 Å². The van der Waals surface area contributed by atoms with E-state index in [-0.39, 0.29) is 5.69 Å². The van der Waals surface area contributed by atoms with Crippen LogP contribution < -0.4 is 10.6 Å². The SMILES string of the molecule is Cc1ccc(NC(=O)Nc2cnn(CCN3CCOCC3)c2)c(F)c1. The first-order valence-corrected chi connectivity index (χ1v) is 8.27. The molecule has 134 valence electrons. The van der Waals surface area contributed by atoms with E-state index in [1.807, 2.05) is 0 Å². The highest BCUT2D eigenvalue weighted by Gasteiger charge is 2.11. The summed E-state index contributed by atoms with van der Waals surface area (Å²) in [5.74, 6) is -0.462. The lowest BCUT2D eigenvalue weighted by molar-refractivity contribution is 0.0360. The van der Waals surface area contributed by atoms with Crippen LogP contribution in [-0.4, -0.2) is 53.6 Å². The van der Waals surface area contributed by atoms with Gasteiger partial charge in [0.05, 0.1) is 37.3 Å². The Bertz CT molecular complexity index is 728. The molecule has 2 N–H and O–H groups in total. The third-order valence-corrected chi connectivity index (χ3v) is 4.01. The van der Waals surface area contributed by atoms with Crippen molar-refractivity contribution in [3.05, 3.63) is 42.0 Å². The second-order valence-electron chi connectivity index (χ2n) is 6.01. The minimum absolute atomic E-state index is 0.141. The summed E-state index contributed by atoms with van der Waals surface area (Å²) in [5.41, 5.74) is 1.50. The van der Waals surface area contributed by atoms with Gasteiger partial charge in [-0.1, -0.05) is 6.07 Å². The van der Waals surface area contributed by atoms with Crippen molar-refractivity contribution in [1.29, 1.82) is 0 Å². The Morgan fingerprint density at radius 2 is 2.08 bits per heavy atom. The first-order valence-electron chi connectivity index (χ1n) is 8.27. The molecule has 1 aliphatic heterocycles. The molecule has 3 rings (SSSR count). The average Bonchev–Trinajstić information content (AvgIpc) is 3.04. The second kappa shape index (κ2) is 8.09. The van der Waals surface area contributed by atoms with Gasteiger partial charge in [-0.15, -0.1) is 0 Å². The molecule has 0 bridgehead atoms. The third kappa shape index (κ3) is 5.01. The molecule has 8 heteroatoms. The highest BCUT2D eigenvalue weighted by Crippen LogP contribution is 2.15. The van der Waals surface area contributed by atoms with Crippen LogP contribution in [0, 0.1) is 12.7 Å². The predicted molar refractivity (Wildman–Crippen MR) is 93.3 cm³/mol. The number of urea groups is 1. The summed E-state index contributed by atoms with van der Waals surface area (Å²) in [4.78, 5) is 14.3. The van der Waals surface area contributed by atoms with E-state index in [1.165, 1.54) is 12.1 Å². The Morgan fingerprint density at radius 3 is 2.84 bits per heavy atom. The lowest BCUT2D eigenvalue weighted by atomic mass is 10.2. The molecule has 2 heterocycles. The molecule has 0 radical (unpaired) electrons. The van der Waals surface area contributed by atoms with Crippen LogP contribution in [0.25, 0.3) is 0 Å². The Morgan fingerprint density at radius 1 is 1.28 bits per heavy atom. The quantitative estimate of drug-likeness (QED) is 0.871. The van der Waals surface area contributed by atoms with Crippen LogP contribution in [0.5, 0.6) is 0 Å². The Labute approximate surface area is 145 Å². The highest BCUT2D eigenvalue weighted by molar-refractivity contribution is 5.99. The molecule has 1 aromatic carbocycles. The van der Waals surface area contributed by atoms with Crippen molar-refractivity contribution in [2.75, 3.05) is 43.5 Å². The van der Waals surface area contributed by atoms with Crippen LogP contribution in [0.1, 0.15) is 5.56 Å². The van der Waals surface area contributed by atoms with E-state index in [9.17, 15) is 9.18 Å². The first kappa shape index (κ1) is 17.4. The minimum atomic E-state index is -0.504. The molecular weight excluding hydrogens is 325 g/mol. The number of anilines is 2. The summed E-state index contributed by atoms with van der Waals surface area (Å²) in [5, 5.41) is 9.38. The molecule has 0 atom stereocenters. The van der Waals surface area contributed by atoms with E-state index < -0.39 is 11.8 Å². The topological polar surface area (TPSA) is 71.4 Å². The number of amides is 2. The number of ether oxygens (including phenoxy) is 1. The standard InChI is InChI=1S/C17H22FN5O2/c1-13-2-3-16(15(18)10-13)21-17(24)20-14-11-19-23(12-14)5-4-22-6-8-25-9-7-22/h2-3,10-12H,4-9H2,1H3,(H2,20,21,24). The highest BCUT2D eigenvalue weighted by atomic mass is 19.1. The van der Waals surface area contributed by atoms with E-state index in [1.54, 1.807) is 30.1 Å². The van der Waals surface area contributed by atoms with Gasteiger partial charge in [0.2, 0.25) is 0 Å². The minimum Gasteiger partial charge on any atom is -0.379 e. The molecule has 0 saturated carbocycles. The number of aryl methyl sites for hydroxylation is 1. The number of hydrogen-bond donors (Lipinski definition) is 2. The first-order chi connectivity index (χ1) is 12.1. The zero-order valence-corrected chi connectivity index (χ0v) is 14.2. The van der Waals surface area contributed by atoms with E-state index in [4.69, 9.17) is 4.74 Å². The molecule has 7 nitrogen and oxygen atoms in total. The number of halogens is 1. The second-order valence-corrected chi connectivity index (χ2v) is 6.01. The fourth-order valence-electron chi connectivity index (χ4n) is 2.63. The van der Waals surface area contributed by atoms with Crippen LogP contribution in [0.3, 0.4) is 0 Å². The van der Waals surface area contributed by atoms with Crippen molar-refractivity contribution in [3.8, 4) is 0 Å². The summed E-state index contributed by atoms with van der Waals surface area (Å²) in [7, 11) is 0. The molecule has 1 aliphatic rings. The van der Waals surface area contributed by atoms with Crippen molar-refractivity contribution in [2.24, 2.45) is 0 Å². The number of nitrogens with one attached hydrogen (secondary N) is 2. The lowest BCUT2D eigenvalue weighted by Gasteiger charge is -2.26. The van der Waals surface area contributed by atoms with Gasteiger partial charge in [0.15, 0.2) is 0 Å². The average molecular weight is 347 g/mol. The molecule has 2 aromatic rings. The fraction of sp³-hybridized carbons (Fsp3) is 0.412. The number of carbonyl (C=O) groups excluding carboxylic acids is 1. The van der Waals surface area contributed by atoms with Gasteiger partial charge in [-0.25, -0.2) is 9.18 Å². The molecule has 25 heavy (non-hydrogen) atoms. The van der Waals surface area contributed by atoms with E-state index in [0.717, 1.165) is 45.0 Å². The molecule has 0 aliphatic carbocycles. The normalized spacial score (nSPS) is 15.1. The number of rotatable bonds is 5. The van der Waals surface area contributed by atoms with Crippen molar-refractivity contribution >= 4 is 17.4 Å². The molecule has 0 unspecified atom stereocenters. The van der Waals surface area contributed by atoms with Gasteiger partial charge in [-0.3, -0.25) is 9.58 Å². The van der Waals surface area contributed by atoms with Crippen LogP contribution in [0.4, 0.5) is 20.6 Å². The fourth-order valence-corrected chi connectivity index (χ4v) is 2.63. The smallest absolute Gasteiger partial charge is 0.323 e. The third-order valence-electron chi connectivity index (χ3n) is 4.01. The summed E-state index contributed by atoms with van der Waals surface area (Å²) >= 11 is 0. The maximum absolute atomic E-state index is 13.8. The molecule has 0 spiro atoms. The van der Waals surface area contributed by atoms with Gasteiger partial charge >= 0.3 is 6.03 Å². The lowest BCUT2D eigenvalue weighted by Crippen LogP contribution is -2.38. The van der Waals surface area contributed by atoms with Gasteiger partial charge in [0.25, 0.3) is 0 Å². The van der Waals surface area contributed by atoms with Crippen molar-refractivity contribution in [2.45, 2.75) is 13.5 Å². The number of morpholine rings is 1. The number of benzene rings is 1. The van der Waals surface area contributed by atoms with Crippen molar-refractivity contribution in [1.82, 2.24) is 14.7 Å². The summed E-state index contributed by atoms with van der Waals surface area (Å²) in [6.45, 7) is 6.79. The van der Waals surface area contributed by atoms with Crippen molar-refractivity contribution < 1.29 is 13.9 Å². The van der Waals surface area contributed by atoms with E-state index >= 15 is 0 Å². The predicted octanol–water partition coefficient (Wildman–Crippen LogP) is 2.31. The van der Waals surface area contributed by atoms with Crippen LogP contribution in [-0.2, 0) is 11.3 Å². The monoisotopic (exact) mass is 347 g/mol. The zero-order chi connectivity index (χ0) is 17.6. The zero-order valence-electron chi connectivity index (χ0n) is 14.2. The summed E-state index contributed by atoms with van der Waals surface area (Å²) < 4.78 is 20.9. The van der Waals surface area contributed by atoms with E-state index in [2.05, 4.69) is 20.6 Å². The molecule has 1 saturated heterocycles.